The average Bonchev–Trinajstić information content (AvgIpc) is 2.91. The van der Waals surface area contributed by atoms with Crippen molar-refractivity contribution in [3.63, 3.8) is 0 Å². The number of hydrogen-bond acceptors (Lipinski definition) is 4. The molecule has 26 heavy (non-hydrogen) atoms. The number of fused-ring (bicyclic) bond motifs is 1. The number of allylic oxidation sites excluding steroid dienone is 1. The van der Waals surface area contributed by atoms with Crippen LogP contribution < -0.4 is 9.64 Å². The molecule has 0 bridgehead atoms. The van der Waals surface area contributed by atoms with Gasteiger partial charge in [0.05, 0.1) is 13.2 Å². The summed E-state index contributed by atoms with van der Waals surface area (Å²) in [6.45, 7) is 3.02. The zero-order valence-corrected chi connectivity index (χ0v) is 15.8. The highest BCUT2D eigenvalue weighted by molar-refractivity contribution is 6.30. The molecule has 4 rings (SSSR count). The van der Waals surface area contributed by atoms with Crippen LogP contribution in [-0.4, -0.2) is 29.7 Å². The summed E-state index contributed by atoms with van der Waals surface area (Å²) in [5.41, 5.74) is 0.598. The van der Waals surface area contributed by atoms with Crippen molar-refractivity contribution in [2.75, 3.05) is 18.6 Å². The molecule has 0 spiro atoms. The van der Waals surface area contributed by atoms with E-state index in [-0.39, 0.29) is 6.04 Å². The molecule has 2 aliphatic heterocycles. The van der Waals surface area contributed by atoms with E-state index in [9.17, 15) is 5.11 Å². The van der Waals surface area contributed by atoms with Gasteiger partial charge in [-0.1, -0.05) is 23.7 Å². The SMILES string of the molecule is COc1ccc(N2C3=CCCCN3[C@H](C)[C@@]2(O)c2ccc(Cl)cc2)cc1. The predicted molar refractivity (Wildman–Crippen MR) is 104 cm³/mol. The number of benzene rings is 2. The van der Waals surface area contributed by atoms with Crippen LogP contribution in [0.1, 0.15) is 25.3 Å². The predicted octanol–water partition coefficient (Wildman–Crippen LogP) is 4.34. The van der Waals surface area contributed by atoms with Gasteiger partial charge in [-0.15, -0.1) is 0 Å². The van der Waals surface area contributed by atoms with Gasteiger partial charge in [0.1, 0.15) is 11.6 Å². The van der Waals surface area contributed by atoms with Gasteiger partial charge >= 0.3 is 0 Å². The summed E-state index contributed by atoms with van der Waals surface area (Å²) in [7, 11) is 1.66. The van der Waals surface area contributed by atoms with Crippen LogP contribution in [0, 0.1) is 0 Å². The van der Waals surface area contributed by atoms with Crippen molar-refractivity contribution in [3.05, 3.63) is 71.0 Å². The Morgan fingerprint density at radius 3 is 2.46 bits per heavy atom. The monoisotopic (exact) mass is 370 g/mol. The molecule has 2 aromatic carbocycles. The fourth-order valence-corrected chi connectivity index (χ4v) is 4.17. The lowest BCUT2D eigenvalue weighted by Gasteiger charge is -2.37. The smallest absolute Gasteiger partial charge is 0.190 e. The van der Waals surface area contributed by atoms with Gasteiger partial charge in [-0.3, -0.25) is 4.90 Å². The van der Waals surface area contributed by atoms with Crippen LogP contribution in [0.25, 0.3) is 0 Å². The number of methoxy groups -OCH3 is 1. The maximum Gasteiger partial charge on any atom is 0.190 e. The second-order valence-corrected chi connectivity index (χ2v) is 7.28. The molecule has 136 valence electrons. The summed E-state index contributed by atoms with van der Waals surface area (Å²) in [6.07, 6.45) is 4.33. The molecule has 0 radical (unpaired) electrons. The van der Waals surface area contributed by atoms with Gasteiger partial charge in [0, 0.05) is 22.8 Å². The van der Waals surface area contributed by atoms with Crippen molar-refractivity contribution >= 4 is 17.3 Å². The van der Waals surface area contributed by atoms with Crippen LogP contribution in [-0.2, 0) is 5.72 Å². The van der Waals surface area contributed by atoms with Gasteiger partial charge in [0.15, 0.2) is 5.72 Å². The van der Waals surface area contributed by atoms with Crippen LogP contribution in [0.5, 0.6) is 5.75 Å². The summed E-state index contributed by atoms with van der Waals surface area (Å²) in [6, 6.07) is 15.2. The van der Waals surface area contributed by atoms with Crippen molar-refractivity contribution in [1.82, 2.24) is 4.90 Å². The molecule has 1 fully saturated rings. The summed E-state index contributed by atoms with van der Waals surface area (Å²) in [5.74, 6) is 1.86. The van der Waals surface area contributed by atoms with E-state index < -0.39 is 5.72 Å². The standard InChI is InChI=1S/C21H23ClN2O2/c1-15-21(25,16-6-8-17(22)9-7-16)24(20-5-3-4-14-23(15)20)18-10-12-19(26-2)13-11-18/h5-13,15,25H,3-4,14H2,1-2H3/t15-,21-/m1/s1. The Kier molecular flexibility index (Phi) is 4.33. The minimum atomic E-state index is -1.17. The van der Waals surface area contributed by atoms with E-state index in [0.717, 1.165) is 42.2 Å². The van der Waals surface area contributed by atoms with Crippen molar-refractivity contribution in [1.29, 1.82) is 0 Å². The first-order valence-corrected chi connectivity index (χ1v) is 9.33. The summed E-state index contributed by atoms with van der Waals surface area (Å²) in [4.78, 5) is 4.34. The topological polar surface area (TPSA) is 35.9 Å². The third-order valence-corrected chi connectivity index (χ3v) is 5.70. The number of rotatable bonds is 3. The number of aliphatic hydroxyl groups is 1. The normalized spacial score (nSPS) is 25.1. The Bertz CT molecular complexity index is 819. The van der Waals surface area contributed by atoms with Crippen LogP contribution >= 0.6 is 11.6 Å². The summed E-state index contributed by atoms with van der Waals surface area (Å²) < 4.78 is 5.29. The maximum absolute atomic E-state index is 12.0. The van der Waals surface area contributed by atoms with Crippen LogP contribution in [0.4, 0.5) is 5.69 Å². The Labute approximate surface area is 159 Å². The number of anilines is 1. The minimum Gasteiger partial charge on any atom is -0.497 e. The van der Waals surface area contributed by atoms with Crippen LogP contribution in [0.2, 0.25) is 5.02 Å². The lowest BCUT2D eigenvalue weighted by atomic mass is 9.95. The summed E-state index contributed by atoms with van der Waals surface area (Å²) in [5, 5.41) is 12.6. The lowest BCUT2D eigenvalue weighted by Crippen LogP contribution is -2.47. The Morgan fingerprint density at radius 1 is 1.12 bits per heavy atom. The molecular weight excluding hydrogens is 348 g/mol. The molecule has 5 heteroatoms. The molecule has 2 atom stereocenters. The van der Waals surface area contributed by atoms with Gasteiger partial charge < -0.3 is 14.7 Å². The van der Waals surface area contributed by atoms with Crippen LogP contribution in [0.3, 0.4) is 0 Å². The number of ether oxygens (including phenoxy) is 1. The van der Waals surface area contributed by atoms with Crippen molar-refractivity contribution < 1.29 is 9.84 Å². The first-order chi connectivity index (χ1) is 12.6. The first kappa shape index (κ1) is 17.3. The second-order valence-electron chi connectivity index (χ2n) is 6.84. The molecule has 0 aromatic heterocycles. The summed E-state index contributed by atoms with van der Waals surface area (Å²) >= 11 is 6.08. The van der Waals surface area contributed by atoms with Gasteiger partial charge in [-0.2, -0.15) is 0 Å². The average molecular weight is 371 g/mol. The van der Waals surface area contributed by atoms with E-state index in [1.165, 1.54) is 0 Å². The maximum atomic E-state index is 12.0. The number of nitrogens with zero attached hydrogens (tertiary/aromatic N) is 2. The molecule has 2 aliphatic rings. The van der Waals surface area contributed by atoms with Crippen LogP contribution in [0.15, 0.2) is 60.4 Å². The van der Waals surface area contributed by atoms with E-state index in [2.05, 4.69) is 17.9 Å². The quantitative estimate of drug-likeness (QED) is 0.871. The third-order valence-electron chi connectivity index (χ3n) is 5.44. The molecule has 0 aliphatic carbocycles. The van der Waals surface area contributed by atoms with Crippen molar-refractivity contribution in [2.45, 2.75) is 31.5 Å². The van der Waals surface area contributed by atoms with Crippen molar-refractivity contribution in [3.8, 4) is 5.75 Å². The van der Waals surface area contributed by atoms with Gasteiger partial charge in [-0.05, 0) is 62.2 Å². The van der Waals surface area contributed by atoms with Crippen molar-refractivity contribution in [2.24, 2.45) is 0 Å². The fourth-order valence-electron chi connectivity index (χ4n) is 4.04. The molecule has 2 aromatic rings. The van der Waals surface area contributed by atoms with E-state index in [0.29, 0.717) is 5.02 Å². The molecule has 0 saturated carbocycles. The van der Waals surface area contributed by atoms with Gasteiger partial charge in [0.2, 0.25) is 0 Å². The largest absolute Gasteiger partial charge is 0.497 e. The highest BCUT2D eigenvalue weighted by Gasteiger charge is 2.53. The van der Waals surface area contributed by atoms with E-state index in [1.54, 1.807) is 7.11 Å². The number of halogens is 1. The lowest BCUT2D eigenvalue weighted by molar-refractivity contribution is 0.00784. The third kappa shape index (κ3) is 2.56. The van der Waals surface area contributed by atoms with E-state index in [1.807, 2.05) is 53.4 Å². The highest BCUT2D eigenvalue weighted by Crippen LogP contribution is 2.47. The number of hydrogen-bond donors (Lipinski definition) is 1. The van der Waals surface area contributed by atoms with E-state index >= 15 is 0 Å². The first-order valence-electron chi connectivity index (χ1n) is 8.95. The Hall–Kier alpha value is -2.17. The molecule has 1 N–H and O–H groups in total. The molecule has 1 saturated heterocycles. The Morgan fingerprint density at radius 2 is 1.81 bits per heavy atom. The zero-order valence-electron chi connectivity index (χ0n) is 15.0. The molecule has 0 amide bonds. The minimum absolute atomic E-state index is 0.0858. The van der Waals surface area contributed by atoms with Gasteiger partial charge in [0.25, 0.3) is 0 Å². The second kappa shape index (κ2) is 6.53. The Balaban J connectivity index is 1.87. The molecule has 4 nitrogen and oxygen atoms in total. The molecule has 2 heterocycles. The molecule has 0 unspecified atom stereocenters. The zero-order chi connectivity index (χ0) is 18.3. The fraction of sp³-hybridized carbons (Fsp3) is 0.333. The molecular formula is C21H23ClN2O2. The highest BCUT2D eigenvalue weighted by atomic mass is 35.5. The van der Waals surface area contributed by atoms with Gasteiger partial charge in [-0.25, -0.2) is 0 Å². The van der Waals surface area contributed by atoms with E-state index in [4.69, 9.17) is 16.3 Å².